The normalized spacial score (nSPS) is 20.4. The second kappa shape index (κ2) is 7.09. The van der Waals surface area contributed by atoms with Crippen LogP contribution in [0.2, 0.25) is 0 Å². The minimum atomic E-state index is 0.280. The van der Waals surface area contributed by atoms with E-state index in [-0.39, 0.29) is 5.41 Å². The fraction of sp³-hybridized carbons (Fsp3) is 0.778. The monoisotopic (exact) mass is 293 g/mol. The third-order valence-corrected chi connectivity index (χ3v) is 6.20. The molecule has 1 atom stereocenters. The van der Waals surface area contributed by atoms with E-state index in [0.29, 0.717) is 6.04 Å². The summed E-state index contributed by atoms with van der Waals surface area (Å²) in [5.41, 5.74) is 0.280. The van der Waals surface area contributed by atoms with Gasteiger partial charge in [0.2, 0.25) is 0 Å². The molecule has 0 aliphatic heterocycles. The topological polar surface area (TPSA) is 12.0 Å². The summed E-state index contributed by atoms with van der Waals surface area (Å²) in [6.45, 7) is 6.94. The highest BCUT2D eigenvalue weighted by molar-refractivity contribution is 7.12. The number of hydrogen-bond acceptors (Lipinski definition) is 2. The van der Waals surface area contributed by atoms with Gasteiger partial charge in [-0.05, 0) is 43.4 Å². The molecule has 0 amide bonds. The molecule has 2 heteroatoms. The van der Waals surface area contributed by atoms with Crippen LogP contribution in [0.15, 0.2) is 12.1 Å². The SMILES string of the molecule is CNC(c1ccc(C(C)(C)C)s1)C1CCCCCCC1. The largest absolute Gasteiger partial charge is 0.312 e. The molecule has 1 aromatic rings. The Kier molecular flexibility index (Phi) is 5.68. The lowest BCUT2D eigenvalue weighted by molar-refractivity contribution is 0.302. The van der Waals surface area contributed by atoms with Crippen LogP contribution < -0.4 is 5.32 Å². The van der Waals surface area contributed by atoms with E-state index in [9.17, 15) is 0 Å². The van der Waals surface area contributed by atoms with Crippen molar-refractivity contribution < 1.29 is 0 Å². The Bertz CT molecular complexity index is 394. The third-order valence-electron chi connectivity index (χ3n) is 4.60. The summed E-state index contributed by atoms with van der Waals surface area (Å²) >= 11 is 2.02. The lowest BCUT2D eigenvalue weighted by atomic mass is 9.85. The van der Waals surface area contributed by atoms with Crippen molar-refractivity contribution in [3.8, 4) is 0 Å². The van der Waals surface area contributed by atoms with Gasteiger partial charge >= 0.3 is 0 Å². The molecule has 0 aromatic carbocycles. The van der Waals surface area contributed by atoms with Crippen LogP contribution >= 0.6 is 11.3 Å². The molecule has 0 radical (unpaired) electrons. The third kappa shape index (κ3) is 4.08. The van der Waals surface area contributed by atoms with Crippen molar-refractivity contribution in [3.05, 3.63) is 21.9 Å². The Morgan fingerprint density at radius 2 is 1.65 bits per heavy atom. The van der Waals surface area contributed by atoms with E-state index in [4.69, 9.17) is 0 Å². The van der Waals surface area contributed by atoms with Crippen LogP contribution in [0.3, 0.4) is 0 Å². The van der Waals surface area contributed by atoms with Gasteiger partial charge in [-0.2, -0.15) is 0 Å². The van der Waals surface area contributed by atoms with Crippen LogP contribution in [0.5, 0.6) is 0 Å². The average molecular weight is 294 g/mol. The Balaban J connectivity index is 2.11. The number of thiophene rings is 1. The van der Waals surface area contributed by atoms with Crippen LogP contribution in [0.1, 0.15) is 81.5 Å². The molecule has 1 nitrogen and oxygen atoms in total. The molecule has 1 aliphatic carbocycles. The highest BCUT2D eigenvalue weighted by Crippen LogP contribution is 2.38. The summed E-state index contributed by atoms with van der Waals surface area (Å²) < 4.78 is 0. The van der Waals surface area contributed by atoms with Gasteiger partial charge in [0.25, 0.3) is 0 Å². The van der Waals surface area contributed by atoms with E-state index in [1.807, 2.05) is 11.3 Å². The van der Waals surface area contributed by atoms with Gasteiger partial charge in [0, 0.05) is 15.8 Å². The molecule has 2 rings (SSSR count). The lowest BCUT2D eigenvalue weighted by Crippen LogP contribution is -2.25. The van der Waals surface area contributed by atoms with Crippen molar-refractivity contribution in [2.45, 2.75) is 77.2 Å². The van der Waals surface area contributed by atoms with E-state index in [1.54, 1.807) is 4.88 Å². The smallest absolute Gasteiger partial charge is 0.0441 e. The quantitative estimate of drug-likeness (QED) is 0.757. The highest BCUT2D eigenvalue weighted by Gasteiger charge is 2.25. The van der Waals surface area contributed by atoms with Crippen molar-refractivity contribution in [2.75, 3.05) is 7.05 Å². The van der Waals surface area contributed by atoms with Gasteiger partial charge in [-0.3, -0.25) is 0 Å². The predicted octanol–water partition coefficient (Wildman–Crippen LogP) is 5.67. The van der Waals surface area contributed by atoms with E-state index >= 15 is 0 Å². The molecule has 1 N–H and O–H groups in total. The molecule has 1 heterocycles. The molecule has 20 heavy (non-hydrogen) atoms. The molecule has 1 aromatic heterocycles. The van der Waals surface area contributed by atoms with E-state index in [1.165, 1.54) is 49.8 Å². The molecule has 1 aliphatic rings. The highest BCUT2D eigenvalue weighted by atomic mass is 32.1. The van der Waals surface area contributed by atoms with Gasteiger partial charge in [-0.25, -0.2) is 0 Å². The maximum Gasteiger partial charge on any atom is 0.0441 e. The molecular weight excluding hydrogens is 262 g/mol. The molecular formula is C18H31NS. The number of rotatable bonds is 3. The minimum absolute atomic E-state index is 0.280. The van der Waals surface area contributed by atoms with Gasteiger partial charge in [0.15, 0.2) is 0 Å². The number of hydrogen-bond donors (Lipinski definition) is 1. The zero-order valence-corrected chi connectivity index (χ0v) is 14.5. The van der Waals surface area contributed by atoms with Gasteiger partial charge in [-0.1, -0.05) is 52.9 Å². The average Bonchev–Trinajstić information content (AvgIpc) is 2.81. The standard InChI is InChI=1S/C18H31NS/c1-18(2,3)16-13-12-15(20-16)17(19-4)14-10-8-6-5-7-9-11-14/h12-14,17,19H,5-11H2,1-4H3. The fourth-order valence-electron chi connectivity index (χ4n) is 3.35. The molecule has 1 fully saturated rings. The molecule has 0 spiro atoms. The van der Waals surface area contributed by atoms with Gasteiger partial charge in [0.1, 0.15) is 0 Å². The summed E-state index contributed by atoms with van der Waals surface area (Å²) in [7, 11) is 2.14. The first kappa shape index (κ1) is 16.0. The number of nitrogens with one attached hydrogen (secondary N) is 1. The van der Waals surface area contributed by atoms with Crippen molar-refractivity contribution in [3.63, 3.8) is 0 Å². The lowest BCUT2D eigenvalue weighted by Gasteiger charge is -2.28. The van der Waals surface area contributed by atoms with E-state index in [0.717, 1.165) is 5.92 Å². The summed E-state index contributed by atoms with van der Waals surface area (Å²) in [4.78, 5) is 3.06. The summed E-state index contributed by atoms with van der Waals surface area (Å²) in [6, 6.07) is 5.27. The van der Waals surface area contributed by atoms with Crippen molar-refractivity contribution in [1.82, 2.24) is 5.32 Å². The Labute approximate surface area is 129 Å². The summed E-state index contributed by atoms with van der Waals surface area (Å²) in [5, 5.41) is 3.61. The molecule has 1 unspecified atom stereocenters. The van der Waals surface area contributed by atoms with Gasteiger partial charge in [-0.15, -0.1) is 11.3 Å². The fourth-order valence-corrected chi connectivity index (χ4v) is 4.62. The molecule has 0 saturated heterocycles. The second-order valence-corrected chi connectivity index (χ2v) is 8.44. The van der Waals surface area contributed by atoms with E-state index < -0.39 is 0 Å². The summed E-state index contributed by atoms with van der Waals surface area (Å²) in [6.07, 6.45) is 9.95. The Hall–Kier alpha value is -0.340. The van der Waals surface area contributed by atoms with Crippen LogP contribution in [0.4, 0.5) is 0 Å². The van der Waals surface area contributed by atoms with Gasteiger partial charge < -0.3 is 5.32 Å². The van der Waals surface area contributed by atoms with Crippen molar-refractivity contribution >= 4 is 11.3 Å². The molecule has 1 saturated carbocycles. The first-order valence-electron chi connectivity index (χ1n) is 8.30. The molecule has 114 valence electrons. The zero-order chi connectivity index (χ0) is 14.6. The maximum atomic E-state index is 3.61. The maximum absolute atomic E-state index is 3.61. The van der Waals surface area contributed by atoms with Crippen LogP contribution in [0, 0.1) is 5.92 Å². The van der Waals surface area contributed by atoms with Crippen LogP contribution in [-0.4, -0.2) is 7.05 Å². The Morgan fingerprint density at radius 3 is 2.15 bits per heavy atom. The minimum Gasteiger partial charge on any atom is -0.312 e. The van der Waals surface area contributed by atoms with E-state index in [2.05, 4.69) is 45.3 Å². The first-order valence-corrected chi connectivity index (χ1v) is 9.11. The Morgan fingerprint density at radius 1 is 1.05 bits per heavy atom. The first-order chi connectivity index (χ1) is 9.52. The summed E-state index contributed by atoms with van der Waals surface area (Å²) in [5.74, 6) is 0.826. The second-order valence-electron chi connectivity index (χ2n) is 7.32. The van der Waals surface area contributed by atoms with Crippen LogP contribution in [-0.2, 0) is 5.41 Å². The van der Waals surface area contributed by atoms with Crippen molar-refractivity contribution in [1.29, 1.82) is 0 Å². The van der Waals surface area contributed by atoms with Crippen LogP contribution in [0.25, 0.3) is 0 Å². The predicted molar refractivity (Wildman–Crippen MR) is 90.6 cm³/mol. The zero-order valence-electron chi connectivity index (χ0n) is 13.7. The molecule has 0 bridgehead atoms. The van der Waals surface area contributed by atoms with Crippen molar-refractivity contribution in [2.24, 2.45) is 5.92 Å². The van der Waals surface area contributed by atoms with Gasteiger partial charge in [0.05, 0.1) is 0 Å².